The number of hydrogen-bond acceptors (Lipinski definition) is 6. The van der Waals surface area contributed by atoms with E-state index in [1.165, 1.54) is 4.68 Å². The highest BCUT2D eigenvalue weighted by Gasteiger charge is 2.32. The second kappa shape index (κ2) is 8.03. The van der Waals surface area contributed by atoms with Crippen LogP contribution >= 0.6 is 22.9 Å². The lowest BCUT2D eigenvalue weighted by molar-refractivity contribution is -0.137. The van der Waals surface area contributed by atoms with Crippen molar-refractivity contribution in [2.45, 2.75) is 26.1 Å². The van der Waals surface area contributed by atoms with E-state index in [0.717, 1.165) is 29.7 Å². The van der Waals surface area contributed by atoms with Crippen molar-refractivity contribution in [1.82, 2.24) is 25.1 Å². The molecule has 3 aromatic rings. The average molecular weight is 460 g/mol. The molecule has 3 rings (SSSR count). The summed E-state index contributed by atoms with van der Waals surface area (Å²) in [5, 5.41) is 15.7. The molecular weight excluding hydrogens is 447 g/mol. The number of carboxylic acids is 1. The Balaban J connectivity index is 1.88. The summed E-state index contributed by atoms with van der Waals surface area (Å²) in [5.41, 5.74) is -1.32. The van der Waals surface area contributed by atoms with Gasteiger partial charge in [0.2, 0.25) is 5.13 Å². The van der Waals surface area contributed by atoms with Crippen molar-refractivity contribution in [3.63, 3.8) is 0 Å². The molecule has 2 heterocycles. The maximum Gasteiger partial charge on any atom is 0.416 e. The van der Waals surface area contributed by atoms with Crippen LogP contribution in [0.15, 0.2) is 24.4 Å². The third kappa shape index (κ3) is 4.60. The average Bonchev–Trinajstić information content (AvgIpc) is 3.27. The molecule has 0 spiro atoms. The number of amides is 1. The Bertz CT molecular complexity index is 1130. The minimum atomic E-state index is -4.66. The largest absolute Gasteiger partial charge is 0.477 e. The highest BCUT2D eigenvalue weighted by Crippen LogP contribution is 2.32. The molecule has 0 bridgehead atoms. The summed E-state index contributed by atoms with van der Waals surface area (Å²) in [4.78, 5) is 31.8. The Kier molecular flexibility index (Phi) is 5.81. The predicted octanol–water partition coefficient (Wildman–Crippen LogP) is 3.89. The molecule has 1 unspecified atom stereocenters. The summed E-state index contributed by atoms with van der Waals surface area (Å²) in [6, 6.07) is 1.76. The number of alkyl halides is 3. The predicted molar refractivity (Wildman–Crippen MR) is 101 cm³/mol. The van der Waals surface area contributed by atoms with E-state index in [4.69, 9.17) is 16.7 Å². The van der Waals surface area contributed by atoms with E-state index in [1.807, 2.05) is 0 Å². The fourth-order valence-electron chi connectivity index (χ4n) is 2.54. The highest BCUT2D eigenvalue weighted by molar-refractivity contribution is 7.15. The number of carbonyl (C=O) groups is 2. The number of halogens is 4. The third-order valence-electron chi connectivity index (χ3n) is 3.85. The summed E-state index contributed by atoms with van der Waals surface area (Å²) in [7, 11) is 0. The van der Waals surface area contributed by atoms with Gasteiger partial charge >= 0.3 is 12.1 Å². The van der Waals surface area contributed by atoms with Gasteiger partial charge in [0.25, 0.3) is 5.91 Å². The molecule has 2 aromatic heterocycles. The van der Waals surface area contributed by atoms with Crippen LogP contribution in [0.4, 0.5) is 13.2 Å². The number of rotatable bonds is 5. The SMILES string of the molecule is Cc1nc(C(C)NC(=O)c2cc(Cl)cc(C(F)(F)F)c2)n(-c2ncc(C(=O)O)s2)n1. The van der Waals surface area contributed by atoms with Crippen molar-refractivity contribution >= 4 is 34.8 Å². The minimum Gasteiger partial charge on any atom is -0.477 e. The lowest BCUT2D eigenvalue weighted by Crippen LogP contribution is -2.29. The Morgan fingerprint density at radius 1 is 1.30 bits per heavy atom. The number of carbonyl (C=O) groups excluding carboxylic acids is 1. The van der Waals surface area contributed by atoms with Crippen LogP contribution in [0.1, 0.15) is 50.2 Å². The lowest BCUT2D eigenvalue weighted by Gasteiger charge is -2.15. The van der Waals surface area contributed by atoms with Crippen molar-refractivity contribution in [2.24, 2.45) is 0 Å². The van der Waals surface area contributed by atoms with Crippen LogP contribution in [-0.2, 0) is 6.18 Å². The molecule has 158 valence electrons. The zero-order valence-electron chi connectivity index (χ0n) is 15.4. The standard InChI is InChI=1S/C17H13ClF3N5O3S/c1-7(23-14(27)9-3-10(17(19,20)21)5-11(18)4-9)13-24-8(2)25-26(13)16-22-6-12(30-16)15(28)29/h3-7H,1-2H3,(H,23,27)(H,28,29). The molecule has 1 amide bonds. The first kappa shape index (κ1) is 21.7. The molecule has 8 nitrogen and oxygen atoms in total. The zero-order chi connectivity index (χ0) is 22.2. The van der Waals surface area contributed by atoms with E-state index in [9.17, 15) is 22.8 Å². The van der Waals surface area contributed by atoms with Gasteiger partial charge in [-0.15, -0.1) is 5.10 Å². The van der Waals surface area contributed by atoms with Crippen LogP contribution in [0.25, 0.3) is 5.13 Å². The van der Waals surface area contributed by atoms with Gasteiger partial charge in [-0.3, -0.25) is 4.79 Å². The molecule has 0 aliphatic carbocycles. The van der Waals surface area contributed by atoms with Gasteiger partial charge in [0.1, 0.15) is 10.7 Å². The van der Waals surface area contributed by atoms with Crippen LogP contribution in [0, 0.1) is 6.92 Å². The van der Waals surface area contributed by atoms with Crippen molar-refractivity contribution in [1.29, 1.82) is 0 Å². The maximum atomic E-state index is 13.0. The molecule has 0 saturated heterocycles. The van der Waals surface area contributed by atoms with E-state index in [0.29, 0.717) is 11.9 Å². The summed E-state index contributed by atoms with van der Waals surface area (Å²) in [5.74, 6) is -1.39. The number of nitrogens with one attached hydrogen (secondary N) is 1. The number of thiazole rings is 1. The quantitative estimate of drug-likeness (QED) is 0.599. The van der Waals surface area contributed by atoms with Crippen molar-refractivity contribution in [3.8, 4) is 5.13 Å². The van der Waals surface area contributed by atoms with Gasteiger partial charge < -0.3 is 10.4 Å². The minimum absolute atomic E-state index is 0.0144. The number of nitrogens with zero attached hydrogens (tertiary/aromatic N) is 4. The summed E-state index contributed by atoms with van der Waals surface area (Å²) < 4.78 is 40.2. The van der Waals surface area contributed by atoms with E-state index in [1.54, 1.807) is 13.8 Å². The first-order valence-electron chi connectivity index (χ1n) is 8.27. The lowest BCUT2D eigenvalue weighted by atomic mass is 10.1. The van der Waals surface area contributed by atoms with Gasteiger partial charge in [-0.1, -0.05) is 22.9 Å². The second-order valence-corrected chi connectivity index (χ2v) is 7.61. The first-order valence-corrected chi connectivity index (χ1v) is 9.47. The molecule has 0 aliphatic rings. The second-order valence-electron chi connectivity index (χ2n) is 6.16. The molecule has 13 heteroatoms. The number of carboxylic acid groups (broad SMARTS) is 1. The summed E-state index contributed by atoms with van der Waals surface area (Å²) in [6.45, 7) is 3.14. The van der Waals surface area contributed by atoms with Gasteiger partial charge in [-0.2, -0.15) is 17.9 Å². The van der Waals surface area contributed by atoms with E-state index in [2.05, 4.69) is 20.4 Å². The van der Waals surface area contributed by atoms with Crippen molar-refractivity contribution < 1.29 is 27.9 Å². The topological polar surface area (TPSA) is 110 Å². The number of aromatic carboxylic acids is 1. The van der Waals surface area contributed by atoms with Gasteiger partial charge in [0.15, 0.2) is 5.82 Å². The molecule has 2 N–H and O–H groups in total. The molecular formula is C17H13ClF3N5O3S. The molecule has 0 aliphatic heterocycles. The molecule has 0 fully saturated rings. The van der Waals surface area contributed by atoms with Crippen molar-refractivity contribution in [2.75, 3.05) is 0 Å². The Morgan fingerprint density at radius 3 is 2.60 bits per heavy atom. The highest BCUT2D eigenvalue weighted by atomic mass is 35.5. The smallest absolute Gasteiger partial charge is 0.416 e. The van der Waals surface area contributed by atoms with E-state index < -0.39 is 29.7 Å². The molecule has 1 atom stereocenters. The third-order valence-corrected chi connectivity index (χ3v) is 5.02. The number of aromatic nitrogens is 4. The molecule has 1 aromatic carbocycles. The Morgan fingerprint density at radius 2 is 2.00 bits per heavy atom. The van der Waals surface area contributed by atoms with Crippen LogP contribution in [-0.4, -0.2) is 36.7 Å². The van der Waals surface area contributed by atoms with Crippen LogP contribution < -0.4 is 5.32 Å². The van der Waals surface area contributed by atoms with Crippen LogP contribution in [0.3, 0.4) is 0 Å². The van der Waals surface area contributed by atoms with E-state index in [-0.39, 0.29) is 26.4 Å². The van der Waals surface area contributed by atoms with Gasteiger partial charge in [-0.25, -0.2) is 14.8 Å². The van der Waals surface area contributed by atoms with Crippen molar-refractivity contribution in [3.05, 3.63) is 57.1 Å². The van der Waals surface area contributed by atoms with Gasteiger partial charge in [-0.05, 0) is 32.0 Å². The maximum absolute atomic E-state index is 13.0. The monoisotopic (exact) mass is 459 g/mol. The van der Waals surface area contributed by atoms with Crippen LogP contribution in [0.5, 0.6) is 0 Å². The molecule has 0 radical (unpaired) electrons. The van der Waals surface area contributed by atoms with E-state index >= 15 is 0 Å². The van der Waals surface area contributed by atoms with Gasteiger partial charge in [0, 0.05) is 10.6 Å². The summed E-state index contributed by atoms with van der Waals surface area (Å²) >= 11 is 6.58. The number of benzene rings is 1. The Hall–Kier alpha value is -2.99. The normalized spacial score (nSPS) is 12.6. The fourth-order valence-corrected chi connectivity index (χ4v) is 3.49. The first-order chi connectivity index (χ1) is 14.0. The number of hydrogen-bond donors (Lipinski definition) is 2. The van der Waals surface area contributed by atoms with Crippen LogP contribution in [0.2, 0.25) is 5.02 Å². The molecule has 0 saturated carbocycles. The van der Waals surface area contributed by atoms with Gasteiger partial charge in [0.05, 0.1) is 17.8 Å². The zero-order valence-corrected chi connectivity index (χ0v) is 16.9. The molecule has 30 heavy (non-hydrogen) atoms. The summed E-state index contributed by atoms with van der Waals surface area (Å²) in [6.07, 6.45) is -3.49. The Labute approximate surface area is 176 Å². The number of aryl methyl sites for hydroxylation is 1. The fraction of sp³-hybridized carbons (Fsp3) is 0.235.